The lowest BCUT2D eigenvalue weighted by Gasteiger charge is -2.04. The normalized spacial score (nSPS) is 11.7. The van der Waals surface area contributed by atoms with Gasteiger partial charge in [0.2, 0.25) is 5.78 Å². The highest BCUT2D eigenvalue weighted by Crippen LogP contribution is 2.16. The van der Waals surface area contributed by atoms with Crippen LogP contribution >= 0.6 is 0 Å². The van der Waals surface area contributed by atoms with Gasteiger partial charge in [-0.2, -0.15) is 10.2 Å². The van der Waals surface area contributed by atoms with Gasteiger partial charge in [0.1, 0.15) is 5.71 Å². The minimum Gasteiger partial charge on any atom is -0.287 e. The summed E-state index contributed by atoms with van der Waals surface area (Å²) in [4.78, 5) is 13.1. The molecule has 0 unspecified atom stereocenters. The third kappa shape index (κ3) is 4.41. The van der Waals surface area contributed by atoms with Crippen LogP contribution in [0.4, 0.5) is 0 Å². The molecule has 0 amide bonds. The third-order valence-corrected chi connectivity index (χ3v) is 4.99. The zero-order valence-corrected chi connectivity index (χ0v) is 17.4. The van der Waals surface area contributed by atoms with E-state index >= 15 is 0 Å². The molecule has 3 aromatic carbocycles. The van der Waals surface area contributed by atoms with Gasteiger partial charge < -0.3 is 0 Å². The molecule has 1 heterocycles. The first kappa shape index (κ1) is 20.2. The second kappa shape index (κ2) is 9.13. The van der Waals surface area contributed by atoms with E-state index in [0.29, 0.717) is 11.3 Å². The molecular weight excluding hydrogens is 384 g/mol. The number of hydrogen-bond acceptors (Lipinski definition) is 4. The Balaban J connectivity index is 1.70. The van der Waals surface area contributed by atoms with Gasteiger partial charge in [0, 0.05) is 16.7 Å². The molecule has 0 radical (unpaired) electrons. The predicted octanol–water partition coefficient (Wildman–Crippen LogP) is 5.20. The first-order valence-electron chi connectivity index (χ1n) is 10.0. The van der Waals surface area contributed by atoms with E-state index in [1.165, 1.54) is 0 Å². The Morgan fingerprint density at radius 3 is 1.97 bits per heavy atom. The first-order chi connectivity index (χ1) is 15.1. The van der Waals surface area contributed by atoms with Crippen LogP contribution in [0.25, 0.3) is 5.69 Å². The topological polar surface area (TPSA) is 59.6 Å². The Bertz CT molecular complexity index is 1240. The summed E-state index contributed by atoms with van der Waals surface area (Å²) in [6.45, 7) is 3.93. The van der Waals surface area contributed by atoms with Gasteiger partial charge in [-0.05, 0) is 26.0 Å². The standard InChI is InChI=1S/C26H22N4O/c1-19-24(20(2)30(29-19)23-16-10-5-11-17-23)18-27-28-25(21-12-6-3-7-13-21)26(31)22-14-8-4-9-15-22/h3-18H,1-2H3. The van der Waals surface area contributed by atoms with Crippen LogP contribution < -0.4 is 0 Å². The largest absolute Gasteiger partial charge is 0.287 e. The van der Waals surface area contributed by atoms with Crippen LogP contribution in [0.3, 0.4) is 0 Å². The van der Waals surface area contributed by atoms with E-state index in [0.717, 1.165) is 28.2 Å². The number of aromatic nitrogens is 2. The van der Waals surface area contributed by atoms with Crippen LogP contribution in [-0.4, -0.2) is 27.5 Å². The number of benzene rings is 3. The molecule has 5 nitrogen and oxygen atoms in total. The van der Waals surface area contributed by atoms with Crippen molar-refractivity contribution in [2.75, 3.05) is 0 Å². The number of aryl methyl sites for hydroxylation is 1. The van der Waals surface area contributed by atoms with Gasteiger partial charge in [-0.1, -0.05) is 78.9 Å². The van der Waals surface area contributed by atoms with Gasteiger partial charge in [-0.3, -0.25) is 4.79 Å². The zero-order valence-electron chi connectivity index (χ0n) is 17.4. The van der Waals surface area contributed by atoms with Crippen molar-refractivity contribution in [1.29, 1.82) is 0 Å². The first-order valence-corrected chi connectivity index (χ1v) is 10.0. The summed E-state index contributed by atoms with van der Waals surface area (Å²) in [6, 6.07) is 28.4. The smallest absolute Gasteiger partial charge is 0.213 e. The van der Waals surface area contributed by atoms with Gasteiger partial charge in [0.25, 0.3) is 0 Å². The van der Waals surface area contributed by atoms with Crippen molar-refractivity contribution in [2.45, 2.75) is 13.8 Å². The molecule has 0 saturated heterocycles. The second-order valence-electron chi connectivity index (χ2n) is 7.09. The molecule has 4 aromatic rings. The van der Waals surface area contributed by atoms with Gasteiger partial charge in [-0.15, -0.1) is 5.10 Å². The van der Waals surface area contributed by atoms with Gasteiger partial charge in [-0.25, -0.2) is 4.68 Å². The number of rotatable bonds is 6. The molecule has 0 N–H and O–H groups in total. The highest BCUT2D eigenvalue weighted by atomic mass is 16.1. The summed E-state index contributed by atoms with van der Waals surface area (Å²) in [7, 11) is 0. The minimum absolute atomic E-state index is 0.169. The van der Waals surface area contributed by atoms with Gasteiger partial charge >= 0.3 is 0 Å². The summed E-state index contributed by atoms with van der Waals surface area (Å²) >= 11 is 0. The Morgan fingerprint density at radius 1 is 0.806 bits per heavy atom. The van der Waals surface area contributed by atoms with Gasteiger partial charge in [0.05, 0.1) is 23.3 Å². The van der Waals surface area contributed by atoms with Crippen LogP contribution in [0.2, 0.25) is 0 Å². The Labute approximate surface area is 181 Å². The quantitative estimate of drug-likeness (QED) is 0.251. The minimum atomic E-state index is -0.169. The Kier molecular flexibility index (Phi) is 5.94. The van der Waals surface area contributed by atoms with Crippen LogP contribution in [0.1, 0.15) is 32.9 Å². The van der Waals surface area contributed by atoms with Crippen molar-refractivity contribution in [3.8, 4) is 5.69 Å². The number of Topliss-reactive ketones (excluding diaryl/α,β-unsaturated/α-hetero) is 1. The maximum Gasteiger partial charge on any atom is 0.213 e. The van der Waals surface area contributed by atoms with E-state index in [2.05, 4.69) is 15.3 Å². The molecule has 31 heavy (non-hydrogen) atoms. The van der Waals surface area contributed by atoms with Crippen molar-refractivity contribution < 1.29 is 4.79 Å². The van der Waals surface area contributed by atoms with Crippen molar-refractivity contribution in [3.05, 3.63) is 119 Å². The van der Waals surface area contributed by atoms with Crippen molar-refractivity contribution in [2.24, 2.45) is 10.2 Å². The number of para-hydroxylation sites is 1. The van der Waals surface area contributed by atoms with E-state index in [1.54, 1.807) is 18.3 Å². The molecule has 1 aromatic heterocycles. The molecule has 152 valence electrons. The monoisotopic (exact) mass is 406 g/mol. The number of carbonyl (C=O) groups excluding carboxylic acids is 1. The molecule has 4 rings (SSSR count). The zero-order chi connectivity index (χ0) is 21.6. The SMILES string of the molecule is Cc1nn(-c2ccccc2)c(C)c1C=NN=C(C(=O)c1ccccc1)c1ccccc1. The van der Waals surface area contributed by atoms with E-state index in [-0.39, 0.29) is 5.78 Å². The average molecular weight is 406 g/mol. The predicted molar refractivity (Wildman–Crippen MR) is 124 cm³/mol. The third-order valence-electron chi connectivity index (χ3n) is 4.99. The number of ketones is 1. The Hall–Kier alpha value is -4.12. The van der Waals surface area contributed by atoms with E-state index < -0.39 is 0 Å². The van der Waals surface area contributed by atoms with Crippen LogP contribution in [0.15, 0.2) is 101 Å². The lowest BCUT2D eigenvalue weighted by atomic mass is 10.0. The molecule has 0 bridgehead atoms. The van der Waals surface area contributed by atoms with E-state index in [1.807, 2.05) is 97.4 Å². The summed E-state index contributed by atoms with van der Waals surface area (Å²) in [5.74, 6) is -0.169. The molecule has 0 fully saturated rings. The van der Waals surface area contributed by atoms with E-state index in [4.69, 9.17) is 0 Å². The van der Waals surface area contributed by atoms with Gasteiger partial charge in [0.15, 0.2) is 0 Å². The van der Waals surface area contributed by atoms with E-state index in [9.17, 15) is 4.79 Å². The summed E-state index contributed by atoms with van der Waals surface area (Å²) in [6.07, 6.45) is 1.66. The maximum absolute atomic E-state index is 13.1. The van der Waals surface area contributed by atoms with Crippen LogP contribution in [0.5, 0.6) is 0 Å². The molecule has 0 aliphatic rings. The van der Waals surface area contributed by atoms with Crippen molar-refractivity contribution in [1.82, 2.24) is 9.78 Å². The molecule has 0 aliphatic heterocycles. The molecule has 5 heteroatoms. The lowest BCUT2D eigenvalue weighted by Crippen LogP contribution is -2.15. The molecule has 0 atom stereocenters. The fraction of sp³-hybridized carbons (Fsp3) is 0.0769. The fourth-order valence-corrected chi connectivity index (χ4v) is 3.36. The lowest BCUT2D eigenvalue weighted by molar-refractivity contribution is 0.106. The van der Waals surface area contributed by atoms with Crippen LogP contribution in [0, 0.1) is 13.8 Å². The highest BCUT2D eigenvalue weighted by Gasteiger charge is 2.16. The number of nitrogens with zero attached hydrogens (tertiary/aromatic N) is 4. The van der Waals surface area contributed by atoms with Crippen molar-refractivity contribution >= 4 is 17.7 Å². The average Bonchev–Trinajstić information content (AvgIpc) is 3.11. The molecule has 0 aliphatic carbocycles. The molecule has 0 spiro atoms. The molecular formula is C26H22N4O. The summed E-state index contributed by atoms with van der Waals surface area (Å²) < 4.78 is 1.88. The second-order valence-corrected chi connectivity index (χ2v) is 7.09. The number of hydrogen-bond donors (Lipinski definition) is 0. The molecule has 0 saturated carbocycles. The van der Waals surface area contributed by atoms with Crippen molar-refractivity contribution in [3.63, 3.8) is 0 Å². The maximum atomic E-state index is 13.1. The highest BCUT2D eigenvalue weighted by molar-refractivity contribution is 6.51. The van der Waals surface area contributed by atoms with Crippen LogP contribution in [-0.2, 0) is 0 Å². The Morgan fingerprint density at radius 2 is 1.35 bits per heavy atom. The summed E-state index contributed by atoms with van der Waals surface area (Å²) in [5, 5.41) is 13.2. The number of carbonyl (C=O) groups is 1. The fourth-order valence-electron chi connectivity index (χ4n) is 3.36. The summed E-state index contributed by atoms with van der Waals surface area (Å²) in [5.41, 5.74) is 5.26.